The molecule has 2 fully saturated rings. The lowest BCUT2D eigenvalue weighted by Crippen LogP contribution is -2.39. The molecule has 100 valence electrons. The number of rotatable bonds is 4. The van der Waals surface area contributed by atoms with Gasteiger partial charge in [-0.2, -0.15) is 0 Å². The molecule has 0 heterocycles. The molecule has 17 heavy (non-hydrogen) atoms. The highest BCUT2D eigenvalue weighted by molar-refractivity contribution is 4.87. The van der Waals surface area contributed by atoms with Crippen molar-refractivity contribution in [2.24, 2.45) is 23.7 Å². The van der Waals surface area contributed by atoms with E-state index in [9.17, 15) is 0 Å². The third-order valence-corrected chi connectivity index (χ3v) is 5.36. The van der Waals surface area contributed by atoms with Crippen molar-refractivity contribution >= 4 is 0 Å². The van der Waals surface area contributed by atoms with Gasteiger partial charge >= 0.3 is 0 Å². The van der Waals surface area contributed by atoms with Gasteiger partial charge in [0, 0.05) is 12.1 Å². The minimum absolute atomic E-state index is 0.746. The summed E-state index contributed by atoms with van der Waals surface area (Å²) >= 11 is 0. The summed E-state index contributed by atoms with van der Waals surface area (Å²) in [6, 6.07) is 1.56. The average Bonchev–Trinajstić information content (AvgIpc) is 2.86. The molecule has 0 radical (unpaired) electrons. The van der Waals surface area contributed by atoms with Crippen LogP contribution in [0.15, 0.2) is 0 Å². The van der Waals surface area contributed by atoms with E-state index in [-0.39, 0.29) is 0 Å². The van der Waals surface area contributed by atoms with Crippen molar-refractivity contribution in [3.63, 3.8) is 0 Å². The van der Waals surface area contributed by atoms with Gasteiger partial charge < -0.3 is 5.32 Å². The number of hydrogen-bond donors (Lipinski definition) is 1. The second-order valence-electron chi connectivity index (χ2n) is 7.15. The molecule has 2 saturated carbocycles. The lowest BCUT2D eigenvalue weighted by Gasteiger charge is -2.25. The van der Waals surface area contributed by atoms with Crippen LogP contribution in [0, 0.1) is 23.7 Å². The molecule has 0 aromatic rings. The Balaban J connectivity index is 1.74. The van der Waals surface area contributed by atoms with E-state index in [1.807, 2.05) is 0 Å². The van der Waals surface area contributed by atoms with Gasteiger partial charge in [0.05, 0.1) is 0 Å². The summed E-state index contributed by atoms with van der Waals surface area (Å²) < 4.78 is 0. The van der Waals surface area contributed by atoms with Gasteiger partial charge in [0.15, 0.2) is 0 Å². The Morgan fingerprint density at radius 3 is 2.12 bits per heavy atom. The molecular formula is C16H31N. The topological polar surface area (TPSA) is 12.0 Å². The fraction of sp³-hybridized carbons (Fsp3) is 1.00. The summed E-state index contributed by atoms with van der Waals surface area (Å²) in [6.45, 7) is 9.60. The summed E-state index contributed by atoms with van der Waals surface area (Å²) in [7, 11) is 0. The van der Waals surface area contributed by atoms with Crippen molar-refractivity contribution in [2.45, 2.75) is 78.3 Å². The predicted molar refractivity (Wildman–Crippen MR) is 75.1 cm³/mol. The highest BCUT2D eigenvalue weighted by atomic mass is 15.0. The Bertz CT molecular complexity index is 236. The van der Waals surface area contributed by atoms with Gasteiger partial charge in [-0.15, -0.1) is 0 Å². The fourth-order valence-electron chi connectivity index (χ4n) is 3.99. The first-order valence-electron chi connectivity index (χ1n) is 7.82. The van der Waals surface area contributed by atoms with Crippen LogP contribution in [0.1, 0.15) is 66.2 Å². The van der Waals surface area contributed by atoms with Gasteiger partial charge in [-0.1, -0.05) is 27.2 Å². The molecule has 0 bridgehead atoms. The van der Waals surface area contributed by atoms with Crippen molar-refractivity contribution in [3.05, 3.63) is 0 Å². The van der Waals surface area contributed by atoms with Crippen molar-refractivity contribution < 1.29 is 0 Å². The van der Waals surface area contributed by atoms with Crippen LogP contribution >= 0.6 is 0 Å². The largest absolute Gasteiger partial charge is 0.311 e. The zero-order valence-corrected chi connectivity index (χ0v) is 12.2. The minimum atomic E-state index is 0.746. The van der Waals surface area contributed by atoms with E-state index in [4.69, 9.17) is 0 Å². The Morgan fingerprint density at radius 2 is 1.59 bits per heavy atom. The molecule has 2 aliphatic rings. The highest BCUT2D eigenvalue weighted by Crippen LogP contribution is 2.35. The molecule has 1 N–H and O–H groups in total. The standard InChI is InChI=1S/C16H31N/c1-11(2)14-7-8-16(10-14)17-13(4)15-6-5-12(3)9-15/h11-17H,5-10H2,1-4H3. The van der Waals surface area contributed by atoms with Crippen molar-refractivity contribution in [1.29, 1.82) is 0 Å². The smallest absolute Gasteiger partial charge is 0.00724 e. The first-order chi connectivity index (χ1) is 8.06. The van der Waals surface area contributed by atoms with Crippen molar-refractivity contribution in [2.75, 3.05) is 0 Å². The second-order valence-corrected chi connectivity index (χ2v) is 7.15. The number of nitrogens with one attached hydrogen (secondary N) is 1. The zero-order chi connectivity index (χ0) is 12.4. The Labute approximate surface area is 108 Å². The van der Waals surface area contributed by atoms with Crippen LogP contribution in [-0.2, 0) is 0 Å². The molecule has 0 aromatic heterocycles. The van der Waals surface area contributed by atoms with E-state index in [0.29, 0.717) is 0 Å². The molecule has 5 unspecified atom stereocenters. The van der Waals surface area contributed by atoms with E-state index >= 15 is 0 Å². The van der Waals surface area contributed by atoms with Gasteiger partial charge in [-0.25, -0.2) is 0 Å². The van der Waals surface area contributed by atoms with E-state index < -0.39 is 0 Å². The maximum Gasteiger partial charge on any atom is 0.00724 e. The fourth-order valence-corrected chi connectivity index (χ4v) is 3.99. The van der Waals surface area contributed by atoms with Gasteiger partial charge in [0.1, 0.15) is 0 Å². The Morgan fingerprint density at radius 1 is 0.882 bits per heavy atom. The van der Waals surface area contributed by atoms with Crippen LogP contribution in [-0.4, -0.2) is 12.1 Å². The van der Waals surface area contributed by atoms with Gasteiger partial charge in [-0.3, -0.25) is 0 Å². The average molecular weight is 237 g/mol. The molecule has 0 amide bonds. The normalized spacial score (nSPS) is 40.1. The monoisotopic (exact) mass is 237 g/mol. The third-order valence-electron chi connectivity index (χ3n) is 5.36. The van der Waals surface area contributed by atoms with E-state index in [0.717, 1.165) is 35.8 Å². The maximum absolute atomic E-state index is 3.93. The number of hydrogen-bond acceptors (Lipinski definition) is 1. The summed E-state index contributed by atoms with van der Waals surface area (Å²) in [5, 5.41) is 3.93. The highest BCUT2D eigenvalue weighted by Gasteiger charge is 2.31. The van der Waals surface area contributed by atoms with Gasteiger partial charge in [0.25, 0.3) is 0 Å². The molecule has 0 aliphatic heterocycles. The molecule has 5 atom stereocenters. The molecule has 0 aromatic carbocycles. The molecule has 0 saturated heterocycles. The van der Waals surface area contributed by atoms with Crippen LogP contribution in [0.4, 0.5) is 0 Å². The van der Waals surface area contributed by atoms with Crippen LogP contribution in [0.5, 0.6) is 0 Å². The maximum atomic E-state index is 3.93. The van der Waals surface area contributed by atoms with Crippen LogP contribution < -0.4 is 5.32 Å². The predicted octanol–water partition coefficient (Wildman–Crippen LogP) is 4.23. The first kappa shape index (κ1) is 13.4. The zero-order valence-electron chi connectivity index (χ0n) is 12.2. The molecule has 2 rings (SSSR count). The summed E-state index contributed by atoms with van der Waals surface area (Å²) in [5.41, 5.74) is 0. The third kappa shape index (κ3) is 3.47. The van der Waals surface area contributed by atoms with E-state index in [1.165, 1.54) is 38.5 Å². The molecular weight excluding hydrogens is 206 g/mol. The van der Waals surface area contributed by atoms with Crippen molar-refractivity contribution in [1.82, 2.24) is 5.32 Å². The lowest BCUT2D eigenvalue weighted by atomic mass is 9.94. The molecule has 0 spiro atoms. The van der Waals surface area contributed by atoms with Crippen LogP contribution in [0.2, 0.25) is 0 Å². The van der Waals surface area contributed by atoms with Crippen LogP contribution in [0.3, 0.4) is 0 Å². The first-order valence-corrected chi connectivity index (χ1v) is 7.82. The molecule has 2 aliphatic carbocycles. The Kier molecular flexibility index (Phi) is 4.52. The van der Waals surface area contributed by atoms with E-state index in [2.05, 4.69) is 33.0 Å². The quantitative estimate of drug-likeness (QED) is 0.771. The van der Waals surface area contributed by atoms with Crippen LogP contribution in [0.25, 0.3) is 0 Å². The summed E-state index contributed by atoms with van der Waals surface area (Å²) in [4.78, 5) is 0. The molecule has 1 nitrogen and oxygen atoms in total. The summed E-state index contributed by atoms with van der Waals surface area (Å²) in [6.07, 6.45) is 8.64. The second kappa shape index (κ2) is 5.73. The van der Waals surface area contributed by atoms with Gasteiger partial charge in [0.2, 0.25) is 0 Å². The lowest BCUT2D eigenvalue weighted by molar-refractivity contribution is 0.321. The van der Waals surface area contributed by atoms with Crippen molar-refractivity contribution in [3.8, 4) is 0 Å². The van der Waals surface area contributed by atoms with E-state index in [1.54, 1.807) is 0 Å². The SMILES string of the molecule is CC1CCC(C(C)NC2CCC(C(C)C)C2)C1. The molecule has 1 heteroatoms. The van der Waals surface area contributed by atoms with Gasteiger partial charge in [-0.05, 0) is 62.7 Å². The minimum Gasteiger partial charge on any atom is -0.311 e. The Hall–Kier alpha value is -0.0400. The summed E-state index contributed by atoms with van der Waals surface area (Å²) in [5.74, 6) is 3.77.